The van der Waals surface area contributed by atoms with Crippen LogP contribution in [-0.4, -0.2) is 44.7 Å². The maximum Gasteiger partial charge on any atom is 0.355 e. The molecule has 1 heterocycles. The van der Waals surface area contributed by atoms with Crippen LogP contribution >= 0.6 is 15.9 Å². The second kappa shape index (κ2) is 15.4. The van der Waals surface area contributed by atoms with Gasteiger partial charge >= 0.3 is 5.97 Å². The first-order valence-electron chi connectivity index (χ1n) is 11.8. The number of halogens is 1. The average Bonchev–Trinajstić information content (AvgIpc) is 3.03. The molecule has 0 aromatic heterocycles. The van der Waals surface area contributed by atoms with Crippen molar-refractivity contribution in [3.05, 3.63) is 36.1 Å². The minimum absolute atomic E-state index is 0.0720. The quantitative estimate of drug-likeness (QED) is 0.119. The van der Waals surface area contributed by atoms with Crippen molar-refractivity contribution in [1.29, 1.82) is 0 Å². The Labute approximate surface area is 201 Å². The maximum absolute atomic E-state index is 12.1. The number of carbonyl (C=O) groups is 2. The summed E-state index contributed by atoms with van der Waals surface area (Å²) in [5.41, 5.74) is -0.578. The number of hydrogen-bond acceptors (Lipinski definition) is 5. The van der Waals surface area contributed by atoms with E-state index in [4.69, 9.17) is 4.74 Å². The molecule has 4 unspecified atom stereocenters. The van der Waals surface area contributed by atoms with Crippen LogP contribution in [0.5, 0.6) is 0 Å². The number of aliphatic hydroxyl groups is 2. The van der Waals surface area contributed by atoms with E-state index in [2.05, 4.69) is 28.2 Å². The lowest BCUT2D eigenvalue weighted by Gasteiger charge is -2.17. The molecule has 0 bridgehead atoms. The minimum Gasteiger partial charge on any atom is -0.450 e. The van der Waals surface area contributed by atoms with Crippen LogP contribution < -0.4 is 5.32 Å². The minimum atomic E-state index is -0.975. The Morgan fingerprint density at radius 2 is 1.88 bits per heavy atom. The highest BCUT2D eigenvalue weighted by Gasteiger charge is 2.35. The molecule has 0 aromatic carbocycles. The first-order chi connectivity index (χ1) is 15.2. The number of allylic oxidation sites excluding steroid dienone is 2. The van der Waals surface area contributed by atoms with Gasteiger partial charge < -0.3 is 20.3 Å². The van der Waals surface area contributed by atoms with Gasteiger partial charge in [-0.25, -0.2) is 4.79 Å². The summed E-state index contributed by atoms with van der Waals surface area (Å²) in [6, 6.07) is 0. The number of carbonyl (C=O) groups excluding carboxylic acids is 2. The van der Waals surface area contributed by atoms with E-state index >= 15 is 0 Å². The van der Waals surface area contributed by atoms with Crippen molar-refractivity contribution >= 4 is 27.8 Å². The fourth-order valence-corrected chi connectivity index (χ4v) is 3.87. The molecule has 3 N–H and O–H groups in total. The topological polar surface area (TPSA) is 95.9 Å². The van der Waals surface area contributed by atoms with Crippen LogP contribution in [0, 0.1) is 0 Å². The molecule has 1 aliphatic rings. The van der Waals surface area contributed by atoms with Crippen LogP contribution in [0.3, 0.4) is 0 Å². The Kier molecular flexibility index (Phi) is 13.8. The Balaban J connectivity index is 2.26. The molecule has 32 heavy (non-hydrogen) atoms. The summed E-state index contributed by atoms with van der Waals surface area (Å²) in [4.78, 5) is 23.9. The first kappa shape index (κ1) is 28.6. The summed E-state index contributed by atoms with van der Waals surface area (Å²) < 4.78 is 5.23. The predicted molar refractivity (Wildman–Crippen MR) is 131 cm³/mol. The van der Waals surface area contributed by atoms with Gasteiger partial charge in [-0.05, 0) is 32.3 Å². The van der Waals surface area contributed by atoms with Gasteiger partial charge in [0.1, 0.15) is 11.3 Å². The van der Waals surface area contributed by atoms with Crippen LogP contribution in [-0.2, 0) is 14.3 Å². The summed E-state index contributed by atoms with van der Waals surface area (Å²) in [6.45, 7) is 5.88. The molecule has 182 valence electrons. The van der Waals surface area contributed by atoms with E-state index in [1.807, 2.05) is 13.0 Å². The third kappa shape index (κ3) is 11.4. The molecule has 0 saturated carbocycles. The van der Waals surface area contributed by atoms with E-state index in [9.17, 15) is 19.8 Å². The van der Waals surface area contributed by atoms with Gasteiger partial charge in [0.25, 0.3) is 0 Å². The SMILES string of the molecule is CCCCCCCCC(Br)C(O)C/C=C/C=C/C(O)CC(=O)NC1=CC(C)(CC)OC1=O. The zero-order chi connectivity index (χ0) is 24.0. The van der Waals surface area contributed by atoms with E-state index < -0.39 is 29.7 Å². The van der Waals surface area contributed by atoms with Crippen molar-refractivity contribution < 1.29 is 24.5 Å². The van der Waals surface area contributed by atoms with E-state index in [1.54, 1.807) is 25.2 Å². The van der Waals surface area contributed by atoms with Gasteiger partial charge in [-0.3, -0.25) is 4.79 Å². The van der Waals surface area contributed by atoms with Crippen molar-refractivity contribution in [3.8, 4) is 0 Å². The summed E-state index contributed by atoms with van der Waals surface area (Å²) >= 11 is 3.57. The van der Waals surface area contributed by atoms with Crippen molar-refractivity contribution in [2.45, 2.75) is 108 Å². The molecular formula is C25H40BrNO5. The van der Waals surface area contributed by atoms with Crippen molar-refractivity contribution in [2.24, 2.45) is 0 Å². The first-order valence-corrected chi connectivity index (χ1v) is 12.7. The number of cyclic esters (lactones) is 1. The predicted octanol–water partition coefficient (Wildman–Crippen LogP) is 4.84. The van der Waals surface area contributed by atoms with Gasteiger partial charge in [0.05, 0.1) is 18.6 Å². The monoisotopic (exact) mass is 513 g/mol. The molecule has 0 saturated heterocycles. The van der Waals surface area contributed by atoms with E-state index in [0.717, 1.165) is 12.8 Å². The second-order valence-corrected chi connectivity index (χ2v) is 9.80. The average molecular weight is 515 g/mol. The highest BCUT2D eigenvalue weighted by Crippen LogP contribution is 2.26. The molecular weight excluding hydrogens is 474 g/mol. The van der Waals surface area contributed by atoms with Gasteiger partial charge in [-0.2, -0.15) is 0 Å². The third-order valence-electron chi connectivity index (χ3n) is 5.58. The van der Waals surface area contributed by atoms with E-state index in [0.29, 0.717) is 12.8 Å². The Bertz CT molecular complexity index is 675. The standard InChI is InChI=1S/C25H40BrNO5/c1-4-6-7-8-9-12-15-20(26)22(29)16-13-10-11-14-19(28)17-23(30)27-21-18-25(3,5-2)32-24(21)31/h10-11,13-14,18-20,22,28-29H,4-9,12,15-17H2,1-3H3,(H,27,30)/b13-10+,14-11+. The second-order valence-electron chi connectivity index (χ2n) is 8.62. The summed E-state index contributed by atoms with van der Waals surface area (Å²) in [5, 5.41) is 22.7. The van der Waals surface area contributed by atoms with Crippen LogP contribution in [0.2, 0.25) is 0 Å². The number of ether oxygens (including phenoxy) is 1. The molecule has 7 heteroatoms. The molecule has 1 amide bonds. The molecule has 0 spiro atoms. The fourth-order valence-electron chi connectivity index (χ4n) is 3.33. The van der Waals surface area contributed by atoms with Crippen molar-refractivity contribution in [2.75, 3.05) is 0 Å². The lowest BCUT2D eigenvalue weighted by molar-refractivity contribution is -0.146. The van der Waals surface area contributed by atoms with Crippen LogP contribution in [0.4, 0.5) is 0 Å². The number of nitrogens with one attached hydrogen (secondary N) is 1. The Morgan fingerprint density at radius 3 is 2.53 bits per heavy atom. The number of unbranched alkanes of at least 4 members (excludes halogenated alkanes) is 5. The molecule has 1 rings (SSSR count). The normalized spacial score (nSPS) is 21.6. The number of esters is 1. The van der Waals surface area contributed by atoms with Crippen LogP contribution in [0.25, 0.3) is 0 Å². The largest absolute Gasteiger partial charge is 0.450 e. The van der Waals surface area contributed by atoms with Gasteiger partial charge in [-0.1, -0.05) is 92.6 Å². The highest BCUT2D eigenvalue weighted by atomic mass is 79.9. The van der Waals surface area contributed by atoms with Gasteiger partial charge in [0.2, 0.25) is 5.91 Å². The van der Waals surface area contributed by atoms with Gasteiger partial charge in [0, 0.05) is 4.83 Å². The zero-order valence-electron chi connectivity index (χ0n) is 19.7. The third-order valence-corrected chi connectivity index (χ3v) is 6.64. The summed E-state index contributed by atoms with van der Waals surface area (Å²) in [6.07, 6.45) is 16.2. The number of rotatable bonds is 16. The number of alkyl halides is 1. The molecule has 0 fully saturated rings. The van der Waals surface area contributed by atoms with Crippen LogP contribution in [0.1, 0.15) is 85.0 Å². The molecule has 0 radical (unpaired) electrons. The molecule has 6 nitrogen and oxygen atoms in total. The maximum atomic E-state index is 12.1. The zero-order valence-corrected chi connectivity index (χ0v) is 21.3. The molecule has 0 aliphatic carbocycles. The number of aliphatic hydroxyl groups excluding tert-OH is 2. The lowest BCUT2D eigenvalue weighted by Crippen LogP contribution is -2.28. The van der Waals surface area contributed by atoms with E-state index in [1.165, 1.54) is 38.2 Å². The van der Waals surface area contributed by atoms with Gasteiger partial charge in [-0.15, -0.1) is 0 Å². The summed E-state index contributed by atoms with van der Waals surface area (Å²) in [7, 11) is 0. The fraction of sp³-hybridized carbons (Fsp3) is 0.680. The van der Waals surface area contributed by atoms with Crippen molar-refractivity contribution in [1.82, 2.24) is 5.32 Å². The Morgan fingerprint density at radius 1 is 1.19 bits per heavy atom. The molecule has 4 atom stereocenters. The van der Waals surface area contributed by atoms with E-state index in [-0.39, 0.29) is 16.9 Å². The smallest absolute Gasteiger partial charge is 0.355 e. The molecule has 1 aliphatic heterocycles. The lowest BCUT2D eigenvalue weighted by atomic mass is 10.0. The number of hydrogen-bond donors (Lipinski definition) is 3. The highest BCUT2D eigenvalue weighted by molar-refractivity contribution is 9.09. The van der Waals surface area contributed by atoms with Gasteiger partial charge in [0.15, 0.2) is 0 Å². The number of amides is 1. The Hall–Kier alpha value is -1.44. The van der Waals surface area contributed by atoms with Crippen LogP contribution in [0.15, 0.2) is 36.1 Å². The summed E-state index contributed by atoms with van der Waals surface area (Å²) in [5.74, 6) is -1.02. The van der Waals surface area contributed by atoms with Crippen molar-refractivity contribution in [3.63, 3.8) is 0 Å². The molecule has 0 aromatic rings.